The van der Waals surface area contributed by atoms with Gasteiger partial charge in [0.25, 0.3) is 5.56 Å². The van der Waals surface area contributed by atoms with Gasteiger partial charge in [0.2, 0.25) is 0 Å². The quantitative estimate of drug-likeness (QED) is 0.321. The van der Waals surface area contributed by atoms with E-state index in [1.807, 2.05) is 0 Å². The summed E-state index contributed by atoms with van der Waals surface area (Å²) in [4.78, 5) is 25.7. The molecule has 0 spiro atoms. The number of carboxylic acids is 1. The number of aliphatic carboxylic acids is 1. The zero-order valence-electron chi connectivity index (χ0n) is 21.0. The Morgan fingerprint density at radius 2 is 1.73 bits per heavy atom. The summed E-state index contributed by atoms with van der Waals surface area (Å²) in [6.45, 7) is 2.04. The largest absolute Gasteiger partial charge is 0.490 e. The van der Waals surface area contributed by atoms with Crippen LogP contribution in [0.4, 0.5) is 34.6 Å². The molecule has 1 fully saturated rings. The maximum atomic E-state index is 14.7. The second-order valence-electron chi connectivity index (χ2n) is 8.74. The van der Waals surface area contributed by atoms with Crippen LogP contribution in [0.25, 0.3) is 10.9 Å². The van der Waals surface area contributed by atoms with Crippen molar-refractivity contribution in [3.8, 4) is 0 Å². The number of carboxylic acid groups (broad SMARTS) is 1. The van der Waals surface area contributed by atoms with E-state index in [9.17, 15) is 35.9 Å². The second kappa shape index (κ2) is 12.0. The molecule has 0 radical (unpaired) electrons. The first-order chi connectivity index (χ1) is 18.5. The third-order valence-electron chi connectivity index (χ3n) is 5.94. The first kappa shape index (κ1) is 31.1. The summed E-state index contributed by atoms with van der Waals surface area (Å²) >= 11 is 6.39. The number of aromatic nitrogens is 2. The van der Waals surface area contributed by atoms with Crippen LogP contribution in [-0.2, 0) is 22.1 Å². The lowest BCUT2D eigenvalue weighted by Crippen LogP contribution is -2.42. The van der Waals surface area contributed by atoms with Gasteiger partial charge in [-0.3, -0.25) is 9.52 Å². The third-order valence-corrected chi connectivity index (χ3v) is 7.86. The van der Waals surface area contributed by atoms with Crippen LogP contribution in [0.15, 0.2) is 35.4 Å². The monoisotopic (exact) mass is 609 g/mol. The first-order valence-corrected chi connectivity index (χ1v) is 13.3. The van der Waals surface area contributed by atoms with Crippen LogP contribution in [-0.4, -0.2) is 63.8 Å². The Labute approximate surface area is 230 Å². The molecular weight excluding hydrogens is 586 g/mol. The fourth-order valence-electron chi connectivity index (χ4n) is 3.75. The van der Waals surface area contributed by atoms with E-state index in [0.29, 0.717) is 35.0 Å². The molecule has 0 saturated carbocycles. The molecule has 0 atom stereocenters. The molecule has 1 aromatic heterocycles. The van der Waals surface area contributed by atoms with Crippen LogP contribution in [0.1, 0.15) is 18.4 Å². The Morgan fingerprint density at radius 1 is 1.15 bits per heavy atom. The maximum Gasteiger partial charge on any atom is 0.490 e. The van der Waals surface area contributed by atoms with Gasteiger partial charge in [-0.2, -0.15) is 25.9 Å². The molecule has 0 amide bonds. The van der Waals surface area contributed by atoms with Crippen molar-refractivity contribution < 1.29 is 41.0 Å². The zero-order chi connectivity index (χ0) is 30.0. The van der Waals surface area contributed by atoms with E-state index in [1.54, 1.807) is 26.1 Å². The Morgan fingerprint density at radius 3 is 2.30 bits per heavy atom. The van der Waals surface area contributed by atoms with Crippen LogP contribution < -0.4 is 15.6 Å². The Balaban J connectivity index is 0.000000559. The van der Waals surface area contributed by atoms with Gasteiger partial charge in [-0.1, -0.05) is 11.6 Å². The summed E-state index contributed by atoms with van der Waals surface area (Å²) in [7, 11) is -2.36. The lowest BCUT2D eigenvalue weighted by Gasteiger charge is -2.29. The van der Waals surface area contributed by atoms with Crippen LogP contribution in [0.3, 0.4) is 0 Å². The molecule has 17 heteroatoms. The third kappa shape index (κ3) is 6.99. The van der Waals surface area contributed by atoms with Crippen LogP contribution in [0.2, 0.25) is 5.02 Å². The van der Waals surface area contributed by atoms with E-state index in [-0.39, 0.29) is 35.0 Å². The summed E-state index contributed by atoms with van der Waals surface area (Å²) in [6.07, 6.45) is -3.52. The van der Waals surface area contributed by atoms with E-state index >= 15 is 0 Å². The van der Waals surface area contributed by atoms with Gasteiger partial charge in [0, 0.05) is 25.8 Å². The maximum absolute atomic E-state index is 14.7. The van der Waals surface area contributed by atoms with Gasteiger partial charge in [0.15, 0.2) is 0 Å². The predicted octanol–water partition coefficient (Wildman–Crippen LogP) is 3.52. The van der Waals surface area contributed by atoms with Crippen LogP contribution >= 0.6 is 11.6 Å². The fourth-order valence-corrected chi connectivity index (χ4v) is 5.33. The molecule has 1 saturated heterocycles. The van der Waals surface area contributed by atoms with Gasteiger partial charge >= 0.3 is 22.4 Å². The first-order valence-electron chi connectivity index (χ1n) is 11.5. The number of anilines is 3. The van der Waals surface area contributed by atoms with E-state index in [0.717, 1.165) is 6.07 Å². The van der Waals surface area contributed by atoms with E-state index < -0.39 is 34.3 Å². The average Bonchev–Trinajstić information content (AvgIpc) is 2.87. The molecule has 2 heterocycles. The lowest BCUT2D eigenvalue weighted by atomic mass is 10.1. The van der Waals surface area contributed by atoms with Crippen molar-refractivity contribution in [2.75, 3.05) is 23.1 Å². The van der Waals surface area contributed by atoms with Crippen molar-refractivity contribution in [2.24, 2.45) is 7.05 Å². The number of halogens is 5. The van der Waals surface area contributed by atoms with Crippen LogP contribution in [0, 0.1) is 12.7 Å². The van der Waals surface area contributed by atoms with Crippen molar-refractivity contribution in [1.82, 2.24) is 13.9 Å². The van der Waals surface area contributed by atoms with Gasteiger partial charge in [0.05, 0.1) is 39.7 Å². The molecule has 1 aliphatic heterocycles. The second-order valence-corrected chi connectivity index (χ2v) is 10.8. The lowest BCUT2D eigenvalue weighted by molar-refractivity contribution is -0.192. The molecule has 218 valence electrons. The minimum absolute atomic E-state index is 0.00251. The molecule has 2 aromatic carbocycles. The number of nitrogens with one attached hydrogen (secondary N) is 2. The topological polar surface area (TPSA) is 154 Å². The Hall–Kier alpha value is -3.47. The number of benzene rings is 2. The van der Waals surface area contributed by atoms with Gasteiger partial charge < -0.3 is 20.1 Å². The van der Waals surface area contributed by atoms with E-state index in [1.165, 1.54) is 21.3 Å². The highest BCUT2D eigenvalue weighted by atomic mass is 35.5. The zero-order valence-corrected chi connectivity index (χ0v) is 22.5. The molecule has 0 bridgehead atoms. The standard InChI is InChI=1S/C21H23ClFN5O4S.C2HF3O2/c1-12-15(5-6-16-18(12)21(30)27(2)11-24-16)25-20-14(23)3-4-17(19(20)22)26-33(31,32)28-9-7-13(29)8-10-28;3-2(4,5)1(6)7/h3-6,11,13,25-26,29H,7-10H2,1-2H3;(H,6,7). The van der Waals surface area contributed by atoms with Gasteiger partial charge in [0.1, 0.15) is 5.82 Å². The fraction of sp³-hybridized carbons (Fsp3) is 0.348. The SMILES string of the molecule is Cc1c(Nc2c(F)ccc(NS(=O)(=O)N3CCC(O)CC3)c2Cl)ccc2ncn(C)c(=O)c12.O=C(O)C(F)(F)F. The Bertz CT molecular complexity index is 1590. The van der Waals surface area contributed by atoms with E-state index in [4.69, 9.17) is 21.5 Å². The molecule has 4 N–H and O–H groups in total. The summed E-state index contributed by atoms with van der Waals surface area (Å²) < 4.78 is 76.9. The van der Waals surface area contributed by atoms with Crippen molar-refractivity contribution in [3.63, 3.8) is 0 Å². The van der Waals surface area contributed by atoms with Crippen molar-refractivity contribution >= 4 is 55.7 Å². The molecule has 40 heavy (non-hydrogen) atoms. The van der Waals surface area contributed by atoms with Crippen molar-refractivity contribution in [2.45, 2.75) is 32.0 Å². The molecule has 3 aromatic rings. The number of hydrogen-bond acceptors (Lipinski definition) is 7. The molecule has 4 rings (SSSR count). The summed E-state index contributed by atoms with van der Waals surface area (Å²) in [5.74, 6) is -3.45. The molecule has 11 nitrogen and oxygen atoms in total. The number of rotatable bonds is 5. The summed E-state index contributed by atoms with van der Waals surface area (Å²) in [5, 5.41) is 19.9. The molecule has 0 aliphatic carbocycles. The van der Waals surface area contributed by atoms with Crippen molar-refractivity contribution in [3.05, 3.63) is 57.3 Å². The normalized spacial score (nSPS) is 14.9. The Kier molecular flexibility index (Phi) is 9.28. The van der Waals surface area contributed by atoms with Gasteiger partial charge in [-0.05, 0) is 49.6 Å². The number of piperidine rings is 1. The highest BCUT2D eigenvalue weighted by molar-refractivity contribution is 7.90. The number of aliphatic hydroxyl groups excluding tert-OH is 1. The number of carbonyl (C=O) groups is 1. The summed E-state index contributed by atoms with van der Waals surface area (Å²) in [6, 6.07) is 5.63. The van der Waals surface area contributed by atoms with Crippen molar-refractivity contribution in [1.29, 1.82) is 0 Å². The minimum Gasteiger partial charge on any atom is -0.475 e. The highest BCUT2D eigenvalue weighted by Crippen LogP contribution is 2.37. The number of fused-ring (bicyclic) bond motifs is 1. The van der Waals surface area contributed by atoms with Crippen LogP contribution in [0.5, 0.6) is 0 Å². The van der Waals surface area contributed by atoms with Gasteiger partial charge in [-0.25, -0.2) is 14.2 Å². The molecular formula is C23H24ClF4N5O6S. The number of aryl methyl sites for hydroxylation is 2. The predicted molar refractivity (Wildman–Crippen MR) is 139 cm³/mol. The average molecular weight is 610 g/mol. The molecule has 1 aliphatic rings. The smallest absolute Gasteiger partial charge is 0.475 e. The number of hydrogen-bond donors (Lipinski definition) is 4. The van der Waals surface area contributed by atoms with E-state index in [2.05, 4.69) is 15.0 Å². The van der Waals surface area contributed by atoms with Gasteiger partial charge in [-0.15, -0.1) is 0 Å². The number of nitrogens with zero attached hydrogens (tertiary/aromatic N) is 3. The minimum atomic E-state index is -5.08. The number of alkyl halides is 3. The number of aliphatic hydroxyl groups is 1. The summed E-state index contributed by atoms with van der Waals surface area (Å²) in [5.41, 5.74) is 1.10. The highest BCUT2D eigenvalue weighted by Gasteiger charge is 2.38. The molecule has 0 unspecified atom stereocenters.